The summed E-state index contributed by atoms with van der Waals surface area (Å²) in [6.07, 6.45) is 0.370. The number of halogens is 2. The van der Waals surface area contributed by atoms with Gasteiger partial charge in [-0.3, -0.25) is 9.59 Å². The molecule has 1 amide bonds. The fraction of sp³-hybridized carbons (Fsp3) is 0.200. The molecule has 0 unspecified atom stereocenters. The van der Waals surface area contributed by atoms with Gasteiger partial charge < -0.3 is 14.4 Å². The number of fused-ring (bicyclic) bond motifs is 2. The van der Waals surface area contributed by atoms with Gasteiger partial charge in [-0.05, 0) is 42.3 Å². The van der Waals surface area contributed by atoms with E-state index in [4.69, 9.17) is 4.42 Å². The molecule has 0 radical (unpaired) electrons. The standard InChI is InChI=1S/C20H15BrFNO4/c21-12-4-2-11(3-5-12)17-16-18(25)14-10-13(22)6-7-15(14)27-19(16)20(26)23(17)8-1-9-24/h2-7,10,17,24H,1,8-9H2/t17-/m0/s1. The Balaban J connectivity index is 1.97. The Kier molecular flexibility index (Phi) is 4.57. The van der Waals surface area contributed by atoms with Crippen molar-refractivity contribution in [1.29, 1.82) is 0 Å². The molecule has 0 saturated heterocycles. The monoisotopic (exact) mass is 431 g/mol. The maximum atomic E-state index is 13.7. The third-order valence-electron chi connectivity index (χ3n) is 4.67. The van der Waals surface area contributed by atoms with Crippen molar-refractivity contribution in [3.8, 4) is 0 Å². The van der Waals surface area contributed by atoms with E-state index in [1.807, 2.05) is 24.3 Å². The second kappa shape index (κ2) is 6.90. The first-order valence-corrected chi connectivity index (χ1v) is 9.24. The lowest BCUT2D eigenvalue weighted by molar-refractivity contribution is 0.0716. The van der Waals surface area contributed by atoms with E-state index < -0.39 is 23.2 Å². The minimum Gasteiger partial charge on any atom is -0.450 e. The van der Waals surface area contributed by atoms with Crippen LogP contribution in [0.2, 0.25) is 0 Å². The maximum Gasteiger partial charge on any atom is 0.290 e. The second-order valence-corrected chi connectivity index (χ2v) is 7.26. The van der Waals surface area contributed by atoms with Gasteiger partial charge >= 0.3 is 0 Å². The summed E-state index contributed by atoms with van der Waals surface area (Å²) in [5, 5.41) is 9.30. The molecule has 7 heteroatoms. The minimum absolute atomic E-state index is 0.0232. The van der Waals surface area contributed by atoms with Crippen LogP contribution in [-0.4, -0.2) is 29.1 Å². The number of carbonyl (C=O) groups excluding carboxylic acids is 1. The predicted octanol–water partition coefficient (Wildman–Crippen LogP) is 3.62. The number of aliphatic hydroxyl groups is 1. The van der Waals surface area contributed by atoms with Crippen molar-refractivity contribution >= 4 is 32.8 Å². The number of benzene rings is 2. The van der Waals surface area contributed by atoms with Crippen LogP contribution in [0.1, 0.15) is 34.1 Å². The fourth-order valence-electron chi connectivity index (χ4n) is 3.46. The molecule has 0 spiro atoms. The first kappa shape index (κ1) is 17.9. The number of hydrogen-bond acceptors (Lipinski definition) is 4. The number of hydrogen-bond donors (Lipinski definition) is 1. The molecule has 1 aromatic heterocycles. The average molecular weight is 432 g/mol. The van der Waals surface area contributed by atoms with Crippen LogP contribution in [0.25, 0.3) is 11.0 Å². The number of rotatable bonds is 4. The van der Waals surface area contributed by atoms with E-state index in [0.29, 0.717) is 6.42 Å². The van der Waals surface area contributed by atoms with Crippen LogP contribution < -0.4 is 5.43 Å². The van der Waals surface area contributed by atoms with E-state index in [2.05, 4.69) is 15.9 Å². The molecule has 2 aromatic carbocycles. The quantitative estimate of drug-likeness (QED) is 0.684. The molecule has 5 nitrogen and oxygen atoms in total. The lowest BCUT2D eigenvalue weighted by atomic mass is 9.98. The molecule has 0 fully saturated rings. The third kappa shape index (κ3) is 2.96. The summed E-state index contributed by atoms with van der Waals surface area (Å²) in [5.41, 5.74) is 0.704. The van der Waals surface area contributed by atoms with Crippen molar-refractivity contribution in [3.63, 3.8) is 0 Å². The van der Waals surface area contributed by atoms with Gasteiger partial charge in [0.25, 0.3) is 5.91 Å². The van der Waals surface area contributed by atoms with Crippen LogP contribution in [-0.2, 0) is 0 Å². The summed E-state index contributed by atoms with van der Waals surface area (Å²) in [6.45, 7) is 0.187. The zero-order chi connectivity index (χ0) is 19.1. The number of nitrogens with zero attached hydrogens (tertiary/aromatic N) is 1. The van der Waals surface area contributed by atoms with E-state index in [-0.39, 0.29) is 35.4 Å². The number of aliphatic hydroxyl groups excluding tert-OH is 1. The molecule has 2 heterocycles. The van der Waals surface area contributed by atoms with Gasteiger partial charge in [-0.25, -0.2) is 4.39 Å². The highest BCUT2D eigenvalue weighted by molar-refractivity contribution is 9.10. The molecule has 1 aliphatic rings. The number of carbonyl (C=O) groups is 1. The molecule has 27 heavy (non-hydrogen) atoms. The first-order valence-electron chi connectivity index (χ1n) is 8.45. The minimum atomic E-state index is -0.643. The zero-order valence-electron chi connectivity index (χ0n) is 14.1. The van der Waals surface area contributed by atoms with E-state index in [0.717, 1.165) is 16.1 Å². The summed E-state index contributed by atoms with van der Waals surface area (Å²) in [5.74, 6) is -0.976. The highest BCUT2D eigenvalue weighted by atomic mass is 79.9. The fourth-order valence-corrected chi connectivity index (χ4v) is 3.72. The smallest absolute Gasteiger partial charge is 0.290 e. The van der Waals surface area contributed by atoms with Crippen molar-refractivity contribution in [2.24, 2.45) is 0 Å². The van der Waals surface area contributed by atoms with E-state index in [9.17, 15) is 19.1 Å². The Hall–Kier alpha value is -2.51. The van der Waals surface area contributed by atoms with Gasteiger partial charge in [-0.15, -0.1) is 0 Å². The second-order valence-electron chi connectivity index (χ2n) is 6.34. The normalized spacial score (nSPS) is 16.2. The van der Waals surface area contributed by atoms with Crippen LogP contribution >= 0.6 is 15.9 Å². The molecule has 0 saturated carbocycles. The van der Waals surface area contributed by atoms with E-state index >= 15 is 0 Å². The summed E-state index contributed by atoms with van der Waals surface area (Å²) < 4.78 is 20.2. The molecule has 0 aliphatic carbocycles. The largest absolute Gasteiger partial charge is 0.450 e. The molecule has 3 aromatic rings. The average Bonchev–Trinajstić information content (AvgIpc) is 2.94. The Morgan fingerprint density at radius 1 is 1.15 bits per heavy atom. The zero-order valence-corrected chi connectivity index (χ0v) is 15.7. The van der Waals surface area contributed by atoms with Crippen molar-refractivity contribution in [2.45, 2.75) is 12.5 Å². The number of amides is 1. The summed E-state index contributed by atoms with van der Waals surface area (Å²) in [7, 11) is 0. The molecule has 0 bridgehead atoms. The molecule has 138 valence electrons. The van der Waals surface area contributed by atoms with Crippen molar-refractivity contribution < 1.29 is 18.7 Å². The molecule has 4 rings (SSSR count). The predicted molar refractivity (Wildman–Crippen MR) is 101 cm³/mol. The summed E-state index contributed by atoms with van der Waals surface area (Å²) in [4.78, 5) is 27.6. The topological polar surface area (TPSA) is 70.8 Å². The molecule has 1 atom stereocenters. The van der Waals surface area contributed by atoms with Gasteiger partial charge in [0.2, 0.25) is 5.76 Å². The van der Waals surface area contributed by atoms with Crippen LogP contribution in [0.5, 0.6) is 0 Å². The van der Waals surface area contributed by atoms with E-state index in [1.54, 1.807) is 0 Å². The lowest BCUT2D eigenvalue weighted by Crippen LogP contribution is -2.31. The van der Waals surface area contributed by atoms with Crippen molar-refractivity contribution in [1.82, 2.24) is 4.90 Å². The molecular formula is C20H15BrFNO4. The SMILES string of the molecule is O=C1c2oc3ccc(F)cc3c(=O)c2[C@H](c2ccc(Br)cc2)N1CCCO. The first-order chi connectivity index (χ1) is 13.0. The van der Waals surface area contributed by atoms with Crippen molar-refractivity contribution in [3.05, 3.63) is 79.9 Å². The Bertz CT molecular complexity index is 1090. The third-order valence-corrected chi connectivity index (χ3v) is 5.20. The summed E-state index contributed by atoms with van der Waals surface area (Å²) in [6, 6.07) is 10.3. The van der Waals surface area contributed by atoms with Gasteiger partial charge in [-0.2, -0.15) is 0 Å². The maximum absolute atomic E-state index is 13.7. The van der Waals surface area contributed by atoms with Crippen LogP contribution in [0, 0.1) is 5.82 Å². The Morgan fingerprint density at radius 3 is 2.59 bits per heavy atom. The molecular weight excluding hydrogens is 417 g/mol. The van der Waals surface area contributed by atoms with Crippen molar-refractivity contribution in [2.75, 3.05) is 13.2 Å². The van der Waals surface area contributed by atoms with Gasteiger partial charge in [0.05, 0.1) is 17.0 Å². The van der Waals surface area contributed by atoms with Gasteiger partial charge in [-0.1, -0.05) is 28.1 Å². The highest BCUT2D eigenvalue weighted by Gasteiger charge is 2.42. The molecule has 1 N–H and O–H groups in total. The van der Waals surface area contributed by atoms with Crippen LogP contribution in [0.15, 0.2) is 56.1 Å². The Labute approximate surface area is 162 Å². The molecule has 1 aliphatic heterocycles. The highest BCUT2D eigenvalue weighted by Crippen LogP contribution is 2.38. The van der Waals surface area contributed by atoms with Crippen LogP contribution in [0.3, 0.4) is 0 Å². The lowest BCUT2D eigenvalue weighted by Gasteiger charge is -2.24. The Morgan fingerprint density at radius 2 is 1.89 bits per heavy atom. The van der Waals surface area contributed by atoms with Gasteiger partial charge in [0, 0.05) is 17.6 Å². The van der Waals surface area contributed by atoms with Crippen LogP contribution in [0.4, 0.5) is 4.39 Å². The van der Waals surface area contributed by atoms with Gasteiger partial charge in [0.15, 0.2) is 5.43 Å². The van der Waals surface area contributed by atoms with E-state index in [1.165, 1.54) is 17.0 Å². The van der Waals surface area contributed by atoms with Gasteiger partial charge in [0.1, 0.15) is 11.4 Å². The summed E-state index contributed by atoms with van der Waals surface area (Å²) >= 11 is 3.37.